The van der Waals surface area contributed by atoms with Gasteiger partial charge >= 0.3 is 0 Å². The van der Waals surface area contributed by atoms with Crippen LogP contribution in [0.4, 0.5) is 17.3 Å². The van der Waals surface area contributed by atoms with Gasteiger partial charge in [-0.1, -0.05) is 18.2 Å². The first-order chi connectivity index (χ1) is 12.9. The highest BCUT2D eigenvalue weighted by Gasteiger charge is 2.16. The van der Waals surface area contributed by atoms with E-state index in [0.29, 0.717) is 22.9 Å². The van der Waals surface area contributed by atoms with Crippen molar-refractivity contribution in [3.63, 3.8) is 0 Å². The summed E-state index contributed by atoms with van der Waals surface area (Å²) < 4.78 is 0. The number of amides is 1. The summed E-state index contributed by atoms with van der Waals surface area (Å²) in [4.78, 5) is 34.4. The molecule has 0 saturated carbocycles. The third-order valence-corrected chi connectivity index (χ3v) is 4.07. The Hall–Kier alpha value is -3.54. The maximum Gasteiger partial charge on any atom is 0.276 e. The number of Topliss-reactive ketones (excluding diaryl/α,β-unsaturated/α-hetero) is 1. The highest BCUT2D eigenvalue weighted by atomic mass is 16.2. The molecule has 6 heteroatoms. The molecular formula is C21H20N4O2. The molecule has 6 nitrogen and oxygen atoms in total. The lowest BCUT2D eigenvalue weighted by atomic mass is 10.1. The second-order valence-electron chi connectivity index (χ2n) is 6.18. The summed E-state index contributed by atoms with van der Waals surface area (Å²) in [5.41, 5.74) is 3.13. The molecule has 3 rings (SSSR count). The molecule has 0 unspecified atom stereocenters. The first-order valence-electron chi connectivity index (χ1n) is 8.51. The Bertz CT molecular complexity index is 969. The zero-order valence-electron chi connectivity index (χ0n) is 15.4. The summed E-state index contributed by atoms with van der Waals surface area (Å²) in [6.07, 6.45) is 0. The van der Waals surface area contributed by atoms with Gasteiger partial charge in [-0.25, -0.2) is 9.97 Å². The Balaban J connectivity index is 1.83. The number of carbonyl (C=O) groups is 2. The van der Waals surface area contributed by atoms with Crippen LogP contribution >= 0.6 is 0 Å². The number of aryl methyl sites for hydroxylation is 1. The van der Waals surface area contributed by atoms with Gasteiger partial charge in [0.1, 0.15) is 5.69 Å². The van der Waals surface area contributed by atoms with E-state index in [2.05, 4.69) is 15.3 Å². The molecule has 0 atom stereocenters. The van der Waals surface area contributed by atoms with E-state index in [9.17, 15) is 9.59 Å². The van der Waals surface area contributed by atoms with Crippen molar-refractivity contribution in [2.45, 2.75) is 13.8 Å². The van der Waals surface area contributed by atoms with E-state index in [1.54, 1.807) is 42.3 Å². The fourth-order valence-corrected chi connectivity index (χ4v) is 2.59. The molecule has 0 bridgehead atoms. The van der Waals surface area contributed by atoms with E-state index < -0.39 is 0 Å². The van der Waals surface area contributed by atoms with Crippen molar-refractivity contribution < 1.29 is 9.59 Å². The molecule has 0 fully saturated rings. The van der Waals surface area contributed by atoms with Gasteiger partial charge < -0.3 is 10.2 Å². The molecule has 0 saturated heterocycles. The minimum Gasteiger partial charge on any atom is -0.324 e. The number of rotatable bonds is 5. The lowest BCUT2D eigenvalue weighted by Gasteiger charge is -2.17. The number of carbonyl (C=O) groups excluding carboxylic acids is 2. The second kappa shape index (κ2) is 7.78. The van der Waals surface area contributed by atoms with Crippen LogP contribution in [0.25, 0.3) is 0 Å². The van der Waals surface area contributed by atoms with Gasteiger partial charge in [-0.05, 0) is 56.3 Å². The molecule has 136 valence electrons. The first kappa shape index (κ1) is 18.3. The topological polar surface area (TPSA) is 75.2 Å². The Morgan fingerprint density at radius 2 is 1.63 bits per heavy atom. The van der Waals surface area contributed by atoms with Crippen molar-refractivity contribution in [3.05, 3.63) is 77.6 Å². The van der Waals surface area contributed by atoms with Crippen LogP contribution in [-0.4, -0.2) is 28.7 Å². The van der Waals surface area contributed by atoms with E-state index >= 15 is 0 Å². The summed E-state index contributed by atoms with van der Waals surface area (Å²) in [5, 5.41) is 3.08. The standard InChI is InChI=1S/C21H20N4O2/c1-14-13-19(20(27)25(3)18-7-5-4-6-8-18)24-21(22-14)23-17-11-9-16(10-12-17)15(2)26/h4-13H,1-3H3,(H,22,23,24). The van der Waals surface area contributed by atoms with Gasteiger partial charge in [0.15, 0.2) is 5.78 Å². The van der Waals surface area contributed by atoms with Crippen LogP contribution in [-0.2, 0) is 0 Å². The third-order valence-electron chi connectivity index (χ3n) is 4.07. The van der Waals surface area contributed by atoms with Gasteiger partial charge in [0.05, 0.1) is 0 Å². The highest BCUT2D eigenvalue weighted by Crippen LogP contribution is 2.18. The van der Waals surface area contributed by atoms with E-state index in [4.69, 9.17) is 0 Å². The molecule has 3 aromatic rings. The maximum atomic E-state index is 12.8. The van der Waals surface area contributed by atoms with E-state index in [-0.39, 0.29) is 11.7 Å². The van der Waals surface area contributed by atoms with Crippen molar-refractivity contribution in [1.82, 2.24) is 9.97 Å². The quantitative estimate of drug-likeness (QED) is 0.696. The number of aromatic nitrogens is 2. The Labute approximate surface area is 157 Å². The van der Waals surface area contributed by atoms with Crippen molar-refractivity contribution in [2.24, 2.45) is 0 Å². The van der Waals surface area contributed by atoms with Gasteiger partial charge in [-0.3, -0.25) is 9.59 Å². The van der Waals surface area contributed by atoms with Crippen LogP contribution in [0.3, 0.4) is 0 Å². The molecule has 0 radical (unpaired) electrons. The summed E-state index contributed by atoms with van der Waals surface area (Å²) in [7, 11) is 1.71. The van der Waals surface area contributed by atoms with E-state index in [1.165, 1.54) is 6.92 Å². The molecule has 0 aliphatic heterocycles. The molecule has 1 aromatic heterocycles. The van der Waals surface area contributed by atoms with Crippen LogP contribution in [0, 0.1) is 6.92 Å². The molecule has 1 N–H and O–H groups in total. The fraction of sp³-hybridized carbons (Fsp3) is 0.143. The van der Waals surface area contributed by atoms with Crippen molar-refractivity contribution in [2.75, 3.05) is 17.3 Å². The van der Waals surface area contributed by atoms with Crippen LogP contribution in [0.2, 0.25) is 0 Å². The maximum absolute atomic E-state index is 12.8. The molecule has 1 amide bonds. The zero-order chi connectivity index (χ0) is 19.4. The van der Waals surface area contributed by atoms with Crippen LogP contribution in [0.1, 0.15) is 33.5 Å². The number of nitrogens with one attached hydrogen (secondary N) is 1. The third kappa shape index (κ3) is 4.36. The minimum absolute atomic E-state index is 0.00480. The zero-order valence-corrected chi connectivity index (χ0v) is 15.4. The smallest absolute Gasteiger partial charge is 0.276 e. The van der Waals surface area contributed by atoms with Gasteiger partial charge in [-0.15, -0.1) is 0 Å². The average molecular weight is 360 g/mol. The molecule has 27 heavy (non-hydrogen) atoms. The average Bonchev–Trinajstić information content (AvgIpc) is 2.67. The number of anilines is 3. The largest absolute Gasteiger partial charge is 0.324 e. The Kier molecular flexibility index (Phi) is 5.26. The lowest BCUT2D eigenvalue weighted by molar-refractivity contribution is 0.0986. The minimum atomic E-state index is -0.221. The summed E-state index contributed by atoms with van der Waals surface area (Å²) in [6, 6.07) is 18.1. The van der Waals surface area contributed by atoms with Gasteiger partial charge in [0.25, 0.3) is 5.91 Å². The van der Waals surface area contributed by atoms with Gasteiger partial charge in [0, 0.05) is 29.7 Å². The van der Waals surface area contributed by atoms with Gasteiger partial charge in [0.2, 0.25) is 5.95 Å². The van der Waals surface area contributed by atoms with Crippen LogP contribution in [0.5, 0.6) is 0 Å². The number of ketones is 1. The number of hydrogen-bond acceptors (Lipinski definition) is 5. The number of para-hydroxylation sites is 1. The Morgan fingerprint density at radius 3 is 2.26 bits per heavy atom. The molecular weight excluding hydrogens is 340 g/mol. The number of nitrogens with zero attached hydrogens (tertiary/aromatic N) is 3. The second-order valence-corrected chi connectivity index (χ2v) is 6.18. The summed E-state index contributed by atoms with van der Waals surface area (Å²) >= 11 is 0. The molecule has 0 aliphatic rings. The number of hydrogen-bond donors (Lipinski definition) is 1. The van der Waals surface area contributed by atoms with Crippen LogP contribution < -0.4 is 10.2 Å². The highest BCUT2D eigenvalue weighted by molar-refractivity contribution is 6.04. The predicted octanol–water partition coefficient (Wildman–Crippen LogP) is 4.01. The number of benzene rings is 2. The summed E-state index contributed by atoms with van der Waals surface area (Å²) in [6.45, 7) is 3.33. The lowest BCUT2D eigenvalue weighted by Crippen LogP contribution is -2.27. The monoisotopic (exact) mass is 360 g/mol. The molecule has 0 spiro atoms. The van der Waals surface area contributed by atoms with Crippen LogP contribution in [0.15, 0.2) is 60.7 Å². The molecule has 0 aliphatic carbocycles. The van der Waals surface area contributed by atoms with Crippen molar-refractivity contribution in [1.29, 1.82) is 0 Å². The summed E-state index contributed by atoms with van der Waals surface area (Å²) in [5.74, 6) is 0.113. The fourth-order valence-electron chi connectivity index (χ4n) is 2.59. The van der Waals surface area contributed by atoms with Gasteiger partial charge in [-0.2, -0.15) is 0 Å². The normalized spacial score (nSPS) is 10.3. The molecule has 1 heterocycles. The SMILES string of the molecule is CC(=O)c1ccc(Nc2nc(C)cc(C(=O)N(C)c3ccccc3)n2)cc1. The first-order valence-corrected chi connectivity index (χ1v) is 8.51. The van der Waals surface area contributed by atoms with Crippen molar-refractivity contribution in [3.8, 4) is 0 Å². The van der Waals surface area contributed by atoms with E-state index in [1.807, 2.05) is 37.3 Å². The predicted molar refractivity (Wildman–Crippen MR) is 106 cm³/mol. The molecule has 2 aromatic carbocycles. The van der Waals surface area contributed by atoms with E-state index in [0.717, 1.165) is 11.4 Å². The Morgan fingerprint density at radius 1 is 0.963 bits per heavy atom. The van der Waals surface area contributed by atoms with Crippen molar-refractivity contribution >= 4 is 29.0 Å².